The van der Waals surface area contributed by atoms with Gasteiger partial charge >= 0.3 is 5.97 Å². The maximum atomic E-state index is 13.0. The van der Waals surface area contributed by atoms with Gasteiger partial charge in [0.2, 0.25) is 0 Å². The molecular weight excluding hydrogens is 522 g/mol. The molecule has 40 heavy (non-hydrogen) atoms. The van der Waals surface area contributed by atoms with E-state index in [1.807, 2.05) is 0 Å². The number of rotatable bonds is 8. The minimum Gasteiger partial charge on any atom is -0.457 e. The number of fused-ring (bicyclic) bond motifs is 1. The lowest BCUT2D eigenvalue weighted by molar-refractivity contribution is -0.385. The Morgan fingerprint density at radius 2 is 1.50 bits per heavy atom. The summed E-state index contributed by atoms with van der Waals surface area (Å²) in [5, 5.41) is 22.2. The second-order valence-electron chi connectivity index (χ2n) is 8.53. The quantitative estimate of drug-likeness (QED) is 0.123. The van der Waals surface area contributed by atoms with Gasteiger partial charge in [0.15, 0.2) is 0 Å². The van der Waals surface area contributed by atoms with Gasteiger partial charge in [-0.15, -0.1) is 0 Å². The lowest BCUT2D eigenvalue weighted by Crippen LogP contribution is -2.29. The van der Waals surface area contributed by atoms with Gasteiger partial charge in [-0.2, -0.15) is 0 Å². The molecule has 5 rings (SSSR count). The highest BCUT2D eigenvalue weighted by atomic mass is 16.6. The summed E-state index contributed by atoms with van der Waals surface area (Å²) in [6.07, 6.45) is 0. The molecule has 0 unspecified atom stereocenters. The first kappa shape index (κ1) is 25.7. The molecule has 12 nitrogen and oxygen atoms in total. The zero-order valence-electron chi connectivity index (χ0n) is 20.4. The van der Waals surface area contributed by atoms with Crippen LogP contribution in [0.5, 0.6) is 11.5 Å². The zero-order chi connectivity index (χ0) is 28.4. The van der Waals surface area contributed by atoms with Crippen molar-refractivity contribution < 1.29 is 33.7 Å². The van der Waals surface area contributed by atoms with Crippen LogP contribution in [-0.2, 0) is 11.3 Å². The maximum absolute atomic E-state index is 13.0. The Morgan fingerprint density at radius 3 is 2.23 bits per heavy atom. The second kappa shape index (κ2) is 10.5. The summed E-state index contributed by atoms with van der Waals surface area (Å²) in [6, 6.07) is 21.7. The van der Waals surface area contributed by atoms with Crippen molar-refractivity contribution in [2.45, 2.75) is 6.61 Å². The highest BCUT2D eigenvalue weighted by molar-refractivity contribution is 6.35. The number of ether oxygens (including phenoxy) is 2. The van der Waals surface area contributed by atoms with Crippen LogP contribution in [0.2, 0.25) is 0 Å². The van der Waals surface area contributed by atoms with Crippen molar-refractivity contribution in [3.63, 3.8) is 0 Å². The average Bonchev–Trinajstić information content (AvgIpc) is 3.21. The molecule has 1 aliphatic heterocycles. The predicted molar refractivity (Wildman–Crippen MR) is 139 cm³/mol. The molecule has 0 aliphatic carbocycles. The molecule has 0 atom stereocenters. The number of nitro benzene ring substituents is 2. The highest BCUT2D eigenvalue weighted by Crippen LogP contribution is 2.34. The maximum Gasteiger partial charge on any atom is 0.338 e. The fourth-order valence-electron chi connectivity index (χ4n) is 4.13. The average molecular weight is 539 g/mol. The number of carbonyl (C=O) groups excluding carboxylic acids is 3. The molecule has 0 N–H and O–H groups in total. The summed E-state index contributed by atoms with van der Waals surface area (Å²) in [4.78, 5) is 60.4. The molecule has 1 heterocycles. The van der Waals surface area contributed by atoms with E-state index in [0.717, 1.165) is 11.0 Å². The largest absolute Gasteiger partial charge is 0.457 e. The molecule has 12 heteroatoms. The van der Waals surface area contributed by atoms with Gasteiger partial charge in [-0.1, -0.05) is 24.3 Å². The number of hydrogen-bond acceptors (Lipinski definition) is 9. The predicted octanol–water partition coefficient (Wildman–Crippen LogP) is 5.45. The van der Waals surface area contributed by atoms with Gasteiger partial charge < -0.3 is 9.47 Å². The number of nitrogens with zero attached hydrogens (tertiary/aromatic N) is 3. The molecule has 0 saturated carbocycles. The van der Waals surface area contributed by atoms with E-state index in [0.29, 0.717) is 17.1 Å². The van der Waals surface area contributed by atoms with Gasteiger partial charge in [-0.25, -0.2) is 9.69 Å². The topological polar surface area (TPSA) is 159 Å². The first-order valence-electron chi connectivity index (χ1n) is 11.7. The van der Waals surface area contributed by atoms with Crippen LogP contribution in [0, 0.1) is 20.2 Å². The number of non-ortho nitro benzene ring substituents is 1. The Bertz CT molecular complexity index is 1700. The summed E-state index contributed by atoms with van der Waals surface area (Å²) >= 11 is 0. The normalized spacial score (nSPS) is 12.2. The minimum atomic E-state index is -0.859. The van der Waals surface area contributed by atoms with Gasteiger partial charge in [0.1, 0.15) is 23.7 Å². The van der Waals surface area contributed by atoms with Crippen molar-refractivity contribution in [2.75, 3.05) is 4.90 Å². The number of nitro groups is 2. The van der Waals surface area contributed by atoms with Crippen LogP contribution in [0.15, 0.2) is 91.0 Å². The van der Waals surface area contributed by atoms with Crippen LogP contribution in [0.1, 0.15) is 36.6 Å². The molecule has 0 bridgehead atoms. The highest BCUT2D eigenvalue weighted by Gasteiger charge is 2.41. The van der Waals surface area contributed by atoms with E-state index in [4.69, 9.17) is 9.47 Å². The van der Waals surface area contributed by atoms with E-state index in [1.165, 1.54) is 60.7 Å². The lowest BCUT2D eigenvalue weighted by atomic mass is 10.1. The van der Waals surface area contributed by atoms with Crippen LogP contribution in [-0.4, -0.2) is 27.6 Å². The summed E-state index contributed by atoms with van der Waals surface area (Å²) in [5.74, 6) is -1.52. The number of benzene rings is 4. The first-order valence-corrected chi connectivity index (χ1v) is 11.7. The third kappa shape index (κ3) is 4.96. The van der Waals surface area contributed by atoms with Gasteiger partial charge in [0.25, 0.3) is 23.2 Å². The van der Waals surface area contributed by atoms with Crippen LogP contribution in [0.25, 0.3) is 0 Å². The number of esters is 1. The Kier molecular flexibility index (Phi) is 6.72. The van der Waals surface area contributed by atoms with Crippen LogP contribution in [0.3, 0.4) is 0 Å². The number of anilines is 1. The standard InChI is InChI=1S/C28H17N3O9/c32-26-23-8-3-9-24(31(37)38)25(23)27(33)29(26)20-6-2-5-18(15-20)28(34)39-16-17-4-1-7-22(14-17)40-21-12-10-19(11-13-21)30(35)36/h1-15H,16H2. The van der Waals surface area contributed by atoms with Crippen LogP contribution >= 0.6 is 0 Å². The SMILES string of the molecule is O=C(OCc1cccc(Oc2ccc([N+](=O)[O-])cc2)c1)c1cccc(N2C(=O)c3cccc([N+](=O)[O-])c3C2=O)c1. The molecule has 1 aliphatic rings. The summed E-state index contributed by atoms with van der Waals surface area (Å²) < 4.78 is 11.1. The Morgan fingerprint density at radius 1 is 0.775 bits per heavy atom. The molecule has 198 valence electrons. The molecule has 0 saturated heterocycles. The van der Waals surface area contributed by atoms with Gasteiger partial charge in [-0.3, -0.25) is 29.8 Å². The molecule has 0 radical (unpaired) electrons. The van der Waals surface area contributed by atoms with E-state index < -0.39 is 33.3 Å². The summed E-state index contributed by atoms with van der Waals surface area (Å²) in [6.45, 7) is -0.125. The number of hydrogen-bond donors (Lipinski definition) is 0. The number of imide groups is 1. The molecule has 0 fully saturated rings. The van der Waals surface area contributed by atoms with Crippen LogP contribution in [0.4, 0.5) is 17.1 Å². The monoisotopic (exact) mass is 539 g/mol. The molecule has 0 aromatic heterocycles. The fourth-order valence-corrected chi connectivity index (χ4v) is 4.13. The number of amides is 2. The Hall–Kier alpha value is -5.91. The van der Waals surface area contributed by atoms with E-state index in [2.05, 4.69) is 0 Å². The summed E-state index contributed by atoms with van der Waals surface area (Å²) in [5.41, 5.74) is -0.230. The number of carbonyl (C=O) groups is 3. The Balaban J connectivity index is 1.28. The smallest absolute Gasteiger partial charge is 0.338 e. The van der Waals surface area contributed by atoms with Gasteiger partial charge in [-0.05, 0) is 54.1 Å². The molecule has 4 aromatic carbocycles. The Labute approximate surface area is 225 Å². The molecule has 0 spiro atoms. The van der Waals surface area contributed by atoms with Crippen LogP contribution < -0.4 is 9.64 Å². The van der Waals surface area contributed by atoms with Gasteiger partial charge in [0, 0.05) is 18.2 Å². The van der Waals surface area contributed by atoms with Crippen molar-refractivity contribution in [2.24, 2.45) is 0 Å². The van der Waals surface area contributed by atoms with E-state index in [9.17, 15) is 34.6 Å². The van der Waals surface area contributed by atoms with E-state index in [1.54, 1.807) is 24.3 Å². The van der Waals surface area contributed by atoms with Crippen molar-refractivity contribution >= 4 is 34.8 Å². The summed E-state index contributed by atoms with van der Waals surface area (Å²) in [7, 11) is 0. The van der Waals surface area contributed by atoms with E-state index >= 15 is 0 Å². The minimum absolute atomic E-state index is 0.0573. The second-order valence-corrected chi connectivity index (χ2v) is 8.53. The zero-order valence-corrected chi connectivity index (χ0v) is 20.4. The van der Waals surface area contributed by atoms with Crippen molar-refractivity contribution in [3.05, 3.63) is 133 Å². The van der Waals surface area contributed by atoms with E-state index in [-0.39, 0.29) is 34.7 Å². The first-order chi connectivity index (χ1) is 19.2. The molecular formula is C28H17N3O9. The molecule has 2 amide bonds. The third-order valence-corrected chi connectivity index (χ3v) is 5.98. The van der Waals surface area contributed by atoms with Gasteiger partial charge in [0.05, 0.1) is 26.7 Å². The third-order valence-electron chi connectivity index (χ3n) is 5.98. The molecule has 4 aromatic rings. The fraction of sp³-hybridized carbons (Fsp3) is 0.0357. The van der Waals surface area contributed by atoms with Crippen molar-refractivity contribution in [1.82, 2.24) is 0 Å². The lowest BCUT2D eigenvalue weighted by Gasteiger charge is -2.15. The van der Waals surface area contributed by atoms with Crippen molar-refractivity contribution in [3.8, 4) is 11.5 Å². The van der Waals surface area contributed by atoms with Crippen molar-refractivity contribution in [1.29, 1.82) is 0 Å².